The van der Waals surface area contributed by atoms with E-state index in [-0.39, 0.29) is 0 Å². The Balaban J connectivity index is 2.58. The zero-order valence-corrected chi connectivity index (χ0v) is 12.2. The molecule has 0 saturated carbocycles. The van der Waals surface area contributed by atoms with Gasteiger partial charge in [-0.3, -0.25) is 0 Å². The van der Waals surface area contributed by atoms with Crippen LogP contribution in [0, 0.1) is 6.92 Å². The van der Waals surface area contributed by atoms with E-state index < -0.39 is 0 Å². The minimum absolute atomic E-state index is 0.808. The van der Waals surface area contributed by atoms with E-state index in [1.807, 2.05) is 24.4 Å². The van der Waals surface area contributed by atoms with Crippen LogP contribution in [-0.4, -0.2) is 19.2 Å². The number of benzene rings is 1. The monoisotopic (exact) mass is 313 g/mol. The fourth-order valence-corrected chi connectivity index (χ4v) is 2.75. The molecule has 1 heterocycles. The van der Waals surface area contributed by atoms with Gasteiger partial charge in [-0.15, -0.1) is 11.3 Å². The van der Waals surface area contributed by atoms with Gasteiger partial charge in [0.15, 0.2) is 3.92 Å². The Morgan fingerprint density at radius 1 is 1.24 bits per heavy atom. The van der Waals surface area contributed by atoms with Gasteiger partial charge in [-0.05, 0) is 35.0 Å². The lowest BCUT2D eigenvalue weighted by molar-refractivity contribution is 0.390. The first kappa shape index (κ1) is 12.4. The highest BCUT2D eigenvalue weighted by Gasteiger charge is 2.14. The van der Waals surface area contributed by atoms with Crippen LogP contribution in [0.4, 0.5) is 0 Å². The summed E-state index contributed by atoms with van der Waals surface area (Å²) in [5, 5.41) is 1.99. The van der Waals surface area contributed by atoms with Gasteiger partial charge in [-0.25, -0.2) is 4.98 Å². The molecule has 0 aliphatic carbocycles. The van der Waals surface area contributed by atoms with E-state index in [1.54, 1.807) is 25.6 Å². The first-order valence-electron chi connectivity index (χ1n) is 5.00. The van der Waals surface area contributed by atoms with E-state index in [9.17, 15) is 0 Å². The van der Waals surface area contributed by atoms with Crippen LogP contribution in [0.1, 0.15) is 5.56 Å². The van der Waals surface area contributed by atoms with Crippen LogP contribution in [0.25, 0.3) is 11.3 Å². The fraction of sp³-hybridized carbons (Fsp3) is 0.250. The fourth-order valence-electron chi connectivity index (χ4n) is 1.74. The molecule has 90 valence electrons. The summed E-state index contributed by atoms with van der Waals surface area (Å²) < 4.78 is 11.6. The quantitative estimate of drug-likeness (QED) is 0.861. The van der Waals surface area contributed by atoms with Gasteiger partial charge in [-0.1, -0.05) is 0 Å². The molecule has 3 nitrogen and oxygen atoms in total. The molecular weight excluding hydrogens is 302 g/mol. The van der Waals surface area contributed by atoms with Crippen LogP contribution in [0.15, 0.2) is 21.4 Å². The van der Waals surface area contributed by atoms with Crippen LogP contribution in [0.2, 0.25) is 0 Å². The van der Waals surface area contributed by atoms with Crippen molar-refractivity contribution in [2.45, 2.75) is 6.92 Å². The lowest BCUT2D eigenvalue weighted by Crippen LogP contribution is -1.95. The molecular formula is C12H12BrNO2S. The van der Waals surface area contributed by atoms with E-state index in [0.717, 1.165) is 32.2 Å². The Hall–Kier alpha value is -1.07. The third kappa shape index (κ3) is 2.30. The van der Waals surface area contributed by atoms with Gasteiger partial charge in [0.2, 0.25) is 0 Å². The molecule has 17 heavy (non-hydrogen) atoms. The van der Waals surface area contributed by atoms with Gasteiger partial charge in [-0.2, -0.15) is 0 Å². The Bertz CT molecular complexity index is 539. The predicted molar refractivity (Wildman–Crippen MR) is 73.1 cm³/mol. The van der Waals surface area contributed by atoms with Crippen molar-refractivity contribution in [1.29, 1.82) is 0 Å². The van der Waals surface area contributed by atoms with Crippen molar-refractivity contribution in [3.8, 4) is 22.8 Å². The molecule has 0 aliphatic rings. The molecule has 1 aromatic carbocycles. The SMILES string of the molecule is COc1ccc(-c2csc(Br)n2)c(OC)c1C. The molecule has 0 radical (unpaired) electrons. The average molecular weight is 314 g/mol. The maximum Gasteiger partial charge on any atom is 0.159 e. The topological polar surface area (TPSA) is 31.4 Å². The Morgan fingerprint density at radius 3 is 2.53 bits per heavy atom. The minimum Gasteiger partial charge on any atom is -0.496 e. The van der Waals surface area contributed by atoms with Gasteiger partial charge in [0.05, 0.1) is 19.9 Å². The smallest absolute Gasteiger partial charge is 0.159 e. The summed E-state index contributed by atoms with van der Waals surface area (Å²) in [7, 11) is 3.31. The normalized spacial score (nSPS) is 10.4. The standard InChI is InChI=1S/C12H12BrNO2S/c1-7-10(15-2)5-4-8(11(7)16-3)9-6-17-12(13)14-9/h4-6H,1-3H3. The van der Waals surface area contributed by atoms with Crippen molar-refractivity contribution in [2.24, 2.45) is 0 Å². The molecule has 0 saturated heterocycles. The van der Waals surface area contributed by atoms with Crippen molar-refractivity contribution in [1.82, 2.24) is 4.98 Å². The lowest BCUT2D eigenvalue weighted by Gasteiger charge is -2.13. The third-order valence-electron chi connectivity index (χ3n) is 2.53. The van der Waals surface area contributed by atoms with Crippen molar-refractivity contribution >= 4 is 27.3 Å². The molecule has 2 aromatic rings. The number of hydrogen-bond donors (Lipinski definition) is 0. The molecule has 5 heteroatoms. The summed E-state index contributed by atoms with van der Waals surface area (Å²) in [5.74, 6) is 1.63. The number of hydrogen-bond acceptors (Lipinski definition) is 4. The number of aromatic nitrogens is 1. The molecule has 0 spiro atoms. The molecule has 0 fully saturated rings. The van der Waals surface area contributed by atoms with E-state index in [1.165, 1.54) is 0 Å². The number of halogens is 1. The van der Waals surface area contributed by atoms with Crippen LogP contribution in [0.5, 0.6) is 11.5 Å². The molecule has 0 N–H and O–H groups in total. The maximum absolute atomic E-state index is 5.45. The molecule has 0 unspecified atom stereocenters. The van der Waals surface area contributed by atoms with Gasteiger partial charge < -0.3 is 9.47 Å². The highest BCUT2D eigenvalue weighted by atomic mass is 79.9. The second-order valence-corrected chi connectivity index (χ2v) is 5.59. The van der Waals surface area contributed by atoms with Gasteiger partial charge in [0, 0.05) is 16.5 Å². The maximum atomic E-state index is 5.45. The zero-order chi connectivity index (χ0) is 12.4. The second kappa shape index (κ2) is 5.06. The first-order chi connectivity index (χ1) is 8.17. The van der Waals surface area contributed by atoms with Crippen LogP contribution in [-0.2, 0) is 0 Å². The molecule has 0 bridgehead atoms. The zero-order valence-electron chi connectivity index (χ0n) is 9.78. The Morgan fingerprint density at radius 2 is 2.00 bits per heavy atom. The number of ether oxygens (including phenoxy) is 2. The lowest BCUT2D eigenvalue weighted by atomic mass is 10.1. The van der Waals surface area contributed by atoms with Crippen molar-refractivity contribution in [3.63, 3.8) is 0 Å². The summed E-state index contributed by atoms with van der Waals surface area (Å²) in [5.41, 5.74) is 2.87. The highest BCUT2D eigenvalue weighted by molar-refractivity contribution is 9.11. The van der Waals surface area contributed by atoms with E-state index in [4.69, 9.17) is 9.47 Å². The number of nitrogens with zero attached hydrogens (tertiary/aromatic N) is 1. The van der Waals surface area contributed by atoms with Crippen molar-refractivity contribution < 1.29 is 9.47 Å². The molecule has 0 aliphatic heterocycles. The molecule has 1 aromatic heterocycles. The number of methoxy groups -OCH3 is 2. The minimum atomic E-state index is 0.808. The van der Waals surface area contributed by atoms with E-state index >= 15 is 0 Å². The van der Waals surface area contributed by atoms with Gasteiger partial charge >= 0.3 is 0 Å². The Labute approximate surface area is 113 Å². The molecule has 2 rings (SSSR count). The molecule has 0 atom stereocenters. The number of thiazole rings is 1. The van der Waals surface area contributed by atoms with Gasteiger partial charge in [0.1, 0.15) is 11.5 Å². The summed E-state index contributed by atoms with van der Waals surface area (Å²) in [6, 6.07) is 3.90. The summed E-state index contributed by atoms with van der Waals surface area (Å²) in [6.45, 7) is 1.97. The van der Waals surface area contributed by atoms with E-state index in [0.29, 0.717) is 0 Å². The van der Waals surface area contributed by atoms with Gasteiger partial charge in [0.25, 0.3) is 0 Å². The average Bonchev–Trinajstić information content (AvgIpc) is 2.75. The summed E-state index contributed by atoms with van der Waals surface area (Å²) in [6.07, 6.45) is 0. The predicted octanol–water partition coefficient (Wildman–Crippen LogP) is 3.90. The Kier molecular flexibility index (Phi) is 3.69. The summed E-state index contributed by atoms with van der Waals surface area (Å²) >= 11 is 4.92. The van der Waals surface area contributed by atoms with Crippen molar-refractivity contribution in [3.05, 3.63) is 27.0 Å². The number of rotatable bonds is 3. The second-order valence-electron chi connectivity index (χ2n) is 3.46. The van der Waals surface area contributed by atoms with Crippen LogP contribution >= 0.6 is 27.3 Å². The molecule has 0 amide bonds. The summed E-state index contributed by atoms with van der Waals surface area (Å²) in [4.78, 5) is 4.40. The van der Waals surface area contributed by atoms with Crippen LogP contribution in [0.3, 0.4) is 0 Å². The highest BCUT2D eigenvalue weighted by Crippen LogP contribution is 2.38. The largest absolute Gasteiger partial charge is 0.496 e. The van der Waals surface area contributed by atoms with Crippen LogP contribution < -0.4 is 9.47 Å². The first-order valence-corrected chi connectivity index (χ1v) is 6.67. The third-order valence-corrected chi connectivity index (χ3v) is 3.90. The van der Waals surface area contributed by atoms with Crippen molar-refractivity contribution in [2.75, 3.05) is 14.2 Å². The van der Waals surface area contributed by atoms with E-state index in [2.05, 4.69) is 20.9 Å².